The van der Waals surface area contributed by atoms with E-state index in [1.54, 1.807) is 19.2 Å². The lowest BCUT2D eigenvalue weighted by molar-refractivity contribution is 0.415. The molecule has 174 valence electrons. The summed E-state index contributed by atoms with van der Waals surface area (Å²) in [4.78, 5) is 15.7. The number of rotatable bonds is 6. The summed E-state index contributed by atoms with van der Waals surface area (Å²) in [6.07, 6.45) is 3.40. The number of nitrogen functional groups attached to an aromatic ring is 1. The molecular weight excluding hydrogens is 461 g/mol. The zero-order valence-corrected chi connectivity index (χ0v) is 20.2. The van der Waals surface area contributed by atoms with Gasteiger partial charge in [-0.25, -0.2) is 0 Å². The average Bonchev–Trinajstić information content (AvgIpc) is 2.85. The van der Waals surface area contributed by atoms with Crippen LogP contribution in [-0.2, 0) is 0 Å². The molecule has 1 saturated heterocycles. The predicted molar refractivity (Wildman–Crippen MR) is 136 cm³/mol. The second-order valence-electron chi connectivity index (χ2n) is 7.93. The molecule has 1 aromatic heterocycles. The average molecular weight is 488 g/mol. The third kappa shape index (κ3) is 4.61. The van der Waals surface area contributed by atoms with Crippen LogP contribution in [0.15, 0.2) is 47.3 Å². The molecule has 9 heteroatoms. The van der Waals surface area contributed by atoms with E-state index in [9.17, 15) is 4.79 Å². The van der Waals surface area contributed by atoms with Gasteiger partial charge < -0.3 is 15.4 Å². The molecule has 2 heterocycles. The first kappa shape index (κ1) is 23.3. The molecular formula is C24H27Cl2N5O2. The molecule has 0 spiro atoms. The fourth-order valence-electron chi connectivity index (χ4n) is 4.06. The largest absolute Gasteiger partial charge is 0.497 e. The first-order valence-electron chi connectivity index (χ1n) is 11.0. The summed E-state index contributed by atoms with van der Waals surface area (Å²) >= 11 is 13.3. The van der Waals surface area contributed by atoms with E-state index >= 15 is 0 Å². The van der Waals surface area contributed by atoms with Crippen LogP contribution in [0.4, 0.5) is 17.1 Å². The van der Waals surface area contributed by atoms with Gasteiger partial charge in [-0.15, -0.1) is 0 Å². The monoisotopic (exact) mass is 487 g/mol. The lowest BCUT2D eigenvalue weighted by Crippen LogP contribution is -2.31. The zero-order chi connectivity index (χ0) is 23.5. The Hall–Kier alpha value is -2.90. The van der Waals surface area contributed by atoms with Crippen molar-refractivity contribution >= 4 is 40.4 Å². The summed E-state index contributed by atoms with van der Waals surface area (Å²) in [5.41, 5.74) is 9.11. The molecule has 0 aliphatic carbocycles. The van der Waals surface area contributed by atoms with E-state index in [2.05, 4.69) is 10.00 Å². The predicted octanol–water partition coefficient (Wildman–Crippen LogP) is 5.11. The van der Waals surface area contributed by atoms with E-state index in [1.807, 2.05) is 37.3 Å². The maximum atomic E-state index is 13.5. The minimum atomic E-state index is -0.400. The van der Waals surface area contributed by atoms with Crippen molar-refractivity contribution in [2.45, 2.75) is 26.2 Å². The highest BCUT2D eigenvalue weighted by Crippen LogP contribution is 2.37. The summed E-state index contributed by atoms with van der Waals surface area (Å²) < 4.78 is 7.98. The summed E-state index contributed by atoms with van der Waals surface area (Å²) in [6.45, 7) is 4.10. The van der Waals surface area contributed by atoms with Gasteiger partial charge in [-0.05, 0) is 56.5 Å². The molecule has 2 N–H and O–H groups in total. The number of hydrogen-bond donors (Lipinski definition) is 1. The topological polar surface area (TPSA) is 76.6 Å². The third-order valence-electron chi connectivity index (χ3n) is 5.83. The van der Waals surface area contributed by atoms with E-state index in [-0.39, 0.29) is 5.69 Å². The van der Waals surface area contributed by atoms with Crippen molar-refractivity contribution in [3.05, 3.63) is 57.8 Å². The molecule has 0 saturated carbocycles. The highest BCUT2D eigenvalue weighted by Gasteiger charge is 2.23. The van der Waals surface area contributed by atoms with Crippen molar-refractivity contribution in [1.29, 1.82) is 0 Å². The van der Waals surface area contributed by atoms with Crippen molar-refractivity contribution < 1.29 is 4.74 Å². The minimum absolute atomic E-state index is 0.283. The Morgan fingerprint density at radius 2 is 1.91 bits per heavy atom. The summed E-state index contributed by atoms with van der Waals surface area (Å²) in [6, 6.07) is 12.8. The Morgan fingerprint density at radius 3 is 2.61 bits per heavy atom. The second-order valence-corrected chi connectivity index (χ2v) is 8.71. The number of anilines is 3. The van der Waals surface area contributed by atoms with Gasteiger partial charge in [-0.2, -0.15) is 9.78 Å². The number of halogens is 2. The Bertz CT molecular complexity index is 1210. The van der Waals surface area contributed by atoms with Crippen molar-refractivity contribution in [2.24, 2.45) is 0 Å². The number of methoxy groups -OCH3 is 1. The van der Waals surface area contributed by atoms with Crippen LogP contribution in [0.5, 0.6) is 5.75 Å². The first-order chi connectivity index (χ1) is 15.9. The Kier molecular flexibility index (Phi) is 7.00. The number of aromatic nitrogens is 2. The molecule has 4 rings (SSSR count). The van der Waals surface area contributed by atoms with Gasteiger partial charge in [0.2, 0.25) is 0 Å². The molecule has 0 unspecified atom stereocenters. The normalized spacial score (nSPS) is 13.8. The van der Waals surface area contributed by atoms with Crippen LogP contribution in [0.1, 0.15) is 26.2 Å². The van der Waals surface area contributed by atoms with E-state index in [1.165, 1.54) is 15.5 Å². The molecule has 0 bridgehead atoms. The lowest BCUT2D eigenvalue weighted by Gasteiger charge is -2.30. The highest BCUT2D eigenvalue weighted by atomic mass is 35.5. The second kappa shape index (κ2) is 9.93. The van der Waals surface area contributed by atoms with Crippen LogP contribution < -0.4 is 25.3 Å². The van der Waals surface area contributed by atoms with Crippen LogP contribution in [0.25, 0.3) is 16.9 Å². The van der Waals surface area contributed by atoms with Crippen LogP contribution >= 0.6 is 23.4 Å². The highest BCUT2D eigenvalue weighted by molar-refractivity contribution is 6.35. The minimum Gasteiger partial charge on any atom is -0.497 e. The van der Waals surface area contributed by atoms with Gasteiger partial charge in [0.15, 0.2) is 0 Å². The van der Waals surface area contributed by atoms with Crippen LogP contribution in [0.2, 0.25) is 5.02 Å². The third-order valence-corrected chi connectivity index (χ3v) is 6.63. The number of nitrogens with two attached hydrogens (primary N) is 1. The Morgan fingerprint density at radius 1 is 1.15 bits per heavy atom. The molecule has 7 nitrogen and oxygen atoms in total. The molecule has 33 heavy (non-hydrogen) atoms. The standard InChI is InChI=1S/C24H27Cl2N5O2/c1-3-30(26)21-15-19(16-8-7-9-17(14-16)33-2)28-31(24(21)32)23-18(27)10-11-20(22(23)25)29-12-5-4-6-13-29/h7-11,14-15H,3-6,12-13,27H2,1-2H3. The van der Waals surface area contributed by atoms with Gasteiger partial charge in [-0.3, -0.25) is 9.21 Å². The summed E-state index contributed by atoms with van der Waals surface area (Å²) in [7, 11) is 1.60. The van der Waals surface area contributed by atoms with Gasteiger partial charge in [0.25, 0.3) is 5.56 Å². The van der Waals surface area contributed by atoms with E-state index in [0.29, 0.717) is 34.4 Å². The number of piperidine rings is 1. The van der Waals surface area contributed by atoms with E-state index < -0.39 is 5.56 Å². The molecule has 0 atom stereocenters. The van der Waals surface area contributed by atoms with Crippen molar-refractivity contribution in [3.63, 3.8) is 0 Å². The fraction of sp³-hybridized carbons (Fsp3) is 0.333. The number of nitrogens with zero attached hydrogens (tertiary/aromatic N) is 4. The molecule has 2 aromatic carbocycles. The van der Waals surface area contributed by atoms with Gasteiger partial charge in [0.1, 0.15) is 17.1 Å². The number of hydrogen-bond acceptors (Lipinski definition) is 6. The maximum Gasteiger partial charge on any atom is 0.296 e. The van der Waals surface area contributed by atoms with Crippen LogP contribution in [0.3, 0.4) is 0 Å². The Balaban J connectivity index is 1.94. The van der Waals surface area contributed by atoms with Crippen molar-refractivity contribution in [3.8, 4) is 22.7 Å². The van der Waals surface area contributed by atoms with Crippen molar-refractivity contribution in [2.75, 3.05) is 41.8 Å². The fourth-order valence-corrected chi connectivity index (χ4v) is 4.56. The van der Waals surface area contributed by atoms with Gasteiger partial charge in [0.05, 0.1) is 29.2 Å². The van der Waals surface area contributed by atoms with Gasteiger partial charge >= 0.3 is 0 Å². The lowest BCUT2D eigenvalue weighted by atomic mass is 10.1. The van der Waals surface area contributed by atoms with Gasteiger partial charge in [-0.1, -0.05) is 23.7 Å². The first-order valence-corrected chi connectivity index (χ1v) is 11.7. The molecule has 1 fully saturated rings. The van der Waals surface area contributed by atoms with E-state index in [0.717, 1.165) is 37.2 Å². The summed E-state index contributed by atoms with van der Waals surface area (Å²) in [5, 5.41) is 5.05. The maximum absolute atomic E-state index is 13.5. The molecule has 0 radical (unpaired) electrons. The van der Waals surface area contributed by atoms with Crippen molar-refractivity contribution in [1.82, 2.24) is 9.78 Å². The quantitative estimate of drug-likeness (QED) is 0.384. The Labute approximate surface area is 203 Å². The van der Waals surface area contributed by atoms with E-state index in [4.69, 9.17) is 33.8 Å². The molecule has 1 aliphatic heterocycles. The smallest absolute Gasteiger partial charge is 0.296 e. The molecule has 0 amide bonds. The van der Waals surface area contributed by atoms with Gasteiger partial charge in [0, 0.05) is 37.0 Å². The molecule has 3 aromatic rings. The van der Waals surface area contributed by atoms with Crippen LogP contribution in [0, 0.1) is 0 Å². The molecule has 1 aliphatic rings. The SMILES string of the molecule is CCN(Cl)c1cc(-c2cccc(OC)c2)nn(-c2c(N)ccc(N3CCCCC3)c2Cl)c1=O. The number of ether oxygens (including phenoxy) is 1. The number of benzene rings is 2. The summed E-state index contributed by atoms with van der Waals surface area (Å²) in [5.74, 6) is 0.677. The van der Waals surface area contributed by atoms with Crippen LogP contribution in [-0.4, -0.2) is 36.5 Å². The zero-order valence-electron chi connectivity index (χ0n) is 18.7.